The SMILES string of the molecule is C[C@@H]1Cc2ccccc2N1C(=O)CSc1nc2ccccc2nc1SCC(=O)N1c2ccccc2C[C@@H]1C. The lowest BCUT2D eigenvalue weighted by molar-refractivity contribution is -0.117. The van der Waals surface area contributed by atoms with E-state index in [0.29, 0.717) is 10.1 Å². The third kappa shape index (κ3) is 4.67. The molecule has 192 valence electrons. The molecule has 0 N–H and O–H groups in total. The van der Waals surface area contributed by atoms with E-state index in [9.17, 15) is 9.59 Å². The fourth-order valence-corrected chi connectivity index (χ4v) is 7.26. The summed E-state index contributed by atoms with van der Waals surface area (Å²) in [5, 5.41) is 1.37. The smallest absolute Gasteiger partial charge is 0.237 e. The molecule has 2 atom stereocenters. The predicted molar refractivity (Wildman–Crippen MR) is 155 cm³/mol. The fraction of sp³-hybridized carbons (Fsp3) is 0.267. The number of fused-ring (bicyclic) bond motifs is 3. The lowest BCUT2D eigenvalue weighted by atomic mass is 10.1. The molecule has 6 nitrogen and oxygen atoms in total. The van der Waals surface area contributed by atoms with E-state index < -0.39 is 0 Å². The number of benzene rings is 3. The van der Waals surface area contributed by atoms with E-state index in [1.54, 1.807) is 0 Å². The lowest BCUT2D eigenvalue weighted by Gasteiger charge is -2.23. The average molecular weight is 541 g/mol. The lowest BCUT2D eigenvalue weighted by Crippen LogP contribution is -2.37. The van der Waals surface area contributed by atoms with E-state index in [2.05, 4.69) is 26.0 Å². The molecule has 0 unspecified atom stereocenters. The van der Waals surface area contributed by atoms with Crippen molar-refractivity contribution in [2.75, 3.05) is 21.3 Å². The summed E-state index contributed by atoms with van der Waals surface area (Å²) in [5.74, 6) is 0.613. The summed E-state index contributed by atoms with van der Waals surface area (Å²) in [7, 11) is 0. The molecule has 0 saturated carbocycles. The Morgan fingerprint density at radius 1 is 0.684 bits per heavy atom. The first kappa shape index (κ1) is 24.9. The molecule has 0 saturated heterocycles. The summed E-state index contributed by atoms with van der Waals surface area (Å²) >= 11 is 2.79. The number of carbonyl (C=O) groups excluding carboxylic acids is 2. The Bertz CT molecular complexity index is 1430. The number of hydrogen-bond acceptors (Lipinski definition) is 6. The van der Waals surface area contributed by atoms with Crippen molar-refractivity contribution in [2.45, 2.75) is 48.8 Å². The van der Waals surface area contributed by atoms with Crippen LogP contribution >= 0.6 is 23.5 Å². The van der Waals surface area contributed by atoms with Crippen molar-refractivity contribution in [1.29, 1.82) is 0 Å². The van der Waals surface area contributed by atoms with Crippen LogP contribution in [0, 0.1) is 0 Å². The van der Waals surface area contributed by atoms with E-state index >= 15 is 0 Å². The molecule has 2 amide bonds. The Labute approximate surface area is 230 Å². The third-order valence-electron chi connectivity index (χ3n) is 7.13. The number of thioether (sulfide) groups is 2. The van der Waals surface area contributed by atoms with Gasteiger partial charge in [0.1, 0.15) is 10.1 Å². The molecule has 2 aliphatic heterocycles. The van der Waals surface area contributed by atoms with Crippen LogP contribution in [0.4, 0.5) is 11.4 Å². The zero-order chi connectivity index (χ0) is 26.2. The minimum atomic E-state index is 0.0527. The first-order valence-electron chi connectivity index (χ1n) is 12.8. The Balaban J connectivity index is 1.21. The monoisotopic (exact) mass is 540 g/mol. The van der Waals surface area contributed by atoms with Gasteiger partial charge in [0.15, 0.2) is 0 Å². The second kappa shape index (κ2) is 10.4. The Kier molecular flexibility index (Phi) is 6.84. The molecule has 38 heavy (non-hydrogen) atoms. The van der Waals surface area contributed by atoms with Crippen molar-refractivity contribution in [3.63, 3.8) is 0 Å². The maximum atomic E-state index is 13.3. The fourth-order valence-electron chi connectivity index (χ4n) is 5.45. The number of carbonyl (C=O) groups is 2. The van der Waals surface area contributed by atoms with Crippen molar-refractivity contribution in [3.05, 3.63) is 83.9 Å². The summed E-state index contributed by atoms with van der Waals surface area (Å²) < 4.78 is 0. The van der Waals surface area contributed by atoms with Gasteiger partial charge in [-0.15, -0.1) is 0 Å². The number of aromatic nitrogens is 2. The van der Waals surface area contributed by atoms with Gasteiger partial charge in [-0.2, -0.15) is 0 Å². The van der Waals surface area contributed by atoms with Crippen molar-refractivity contribution < 1.29 is 9.59 Å². The highest BCUT2D eigenvalue weighted by Crippen LogP contribution is 2.36. The maximum absolute atomic E-state index is 13.3. The van der Waals surface area contributed by atoms with Gasteiger partial charge in [-0.3, -0.25) is 9.59 Å². The standard InChI is InChI=1S/C30H28N4O2S2/c1-19-15-21-9-3-7-13-25(21)33(19)27(35)17-37-29-30(32-24-12-6-5-11-23(24)31-29)38-18-28(36)34-20(2)16-22-10-4-8-14-26(22)34/h3-14,19-20H,15-18H2,1-2H3/t19-,20+. The number of rotatable bonds is 6. The molecule has 0 spiro atoms. The van der Waals surface area contributed by atoms with Crippen LogP contribution in [-0.4, -0.2) is 45.4 Å². The minimum absolute atomic E-state index is 0.0527. The van der Waals surface area contributed by atoms with E-state index in [1.807, 2.05) is 70.5 Å². The van der Waals surface area contributed by atoms with Gasteiger partial charge in [0, 0.05) is 23.5 Å². The van der Waals surface area contributed by atoms with Crippen molar-refractivity contribution in [2.24, 2.45) is 0 Å². The molecular weight excluding hydrogens is 512 g/mol. The summed E-state index contributed by atoms with van der Waals surface area (Å²) in [6.45, 7) is 4.17. The summed E-state index contributed by atoms with van der Waals surface area (Å²) in [4.78, 5) is 40.2. The molecule has 2 aliphatic rings. The van der Waals surface area contributed by atoms with Gasteiger partial charge in [0.25, 0.3) is 0 Å². The minimum Gasteiger partial charge on any atom is -0.308 e. The summed E-state index contributed by atoms with van der Waals surface area (Å²) in [6, 6.07) is 24.2. The molecule has 0 aliphatic carbocycles. The number of nitrogens with zero attached hydrogens (tertiary/aromatic N) is 4. The van der Waals surface area contributed by atoms with E-state index in [-0.39, 0.29) is 35.4 Å². The number of anilines is 2. The third-order valence-corrected chi connectivity index (χ3v) is 9.15. The predicted octanol–water partition coefficient (Wildman–Crippen LogP) is 5.77. The average Bonchev–Trinajstić information content (AvgIpc) is 3.45. The van der Waals surface area contributed by atoms with Crippen LogP contribution in [-0.2, 0) is 22.4 Å². The first-order valence-corrected chi connectivity index (χ1v) is 14.8. The zero-order valence-electron chi connectivity index (χ0n) is 21.3. The van der Waals surface area contributed by atoms with Crippen molar-refractivity contribution in [3.8, 4) is 0 Å². The van der Waals surface area contributed by atoms with Crippen molar-refractivity contribution in [1.82, 2.24) is 9.97 Å². The van der Waals surface area contributed by atoms with Crippen molar-refractivity contribution >= 4 is 57.7 Å². The topological polar surface area (TPSA) is 66.4 Å². The first-order chi connectivity index (χ1) is 18.5. The van der Waals surface area contributed by atoms with Crippen LogP contribution in [0.3, 0.4) is 0 Å². The summed E-state index contributed by atoms with van der Waals surface area (Å²) in [5.41, 5.74) is 5.96. The molecule has 8 heteroatoms. The van der Waals surface area contributed by atoms with Crippen LogP contribution in [0.5, 0.6) is 0 Å². The molecule has 0 bridgehead atoms. The number of para-hydroxylation sites is 4. The summed E-state index contributed by atoms with van der Waals surface area (Å²) in [6.07, 6.45) is 1.73. The maximum Gasteiger partial charge on any atom is 0.237 e. The van der Waals surface area contributed by atoms with E-state index in [0.717, 1.165) is 35.2 Å². The van der Waals surface area contributed by atoms with Crippen LogP contribution < -0.4 is 9.80 Å². The van der Waals surface area contributed by atoms with Gasteiger partial charge in [-0.1, -0.05) is 72.1 Å². The highest BCUT2D eigenvalue weighted by molar-refractivity contribution is 8.02. The Hall–Kier alpha value is -3.36. The van der Waals surface area contributed by atoms with Gasteiger partial charge < -0.3 is 9.80 Å². The molecule has 3 heterocycles. The number of hydrogen-bond donors (Lipinski definition) is 0. The molecule has 4 aromatic rings. The van der Waals surface area contributed by atoms with Crippen LogP contribution in [0.15, 0.2) is 82.8 Å². The molecule has 1 aromatic heterocycles. The highest BCUT2D eigenvalue weighted by atomic mass is 32.2. The van der Waals surface area contributed by atoms with Gasteiger partial charge in [0.2, 0.25) is 11.8 Å². The highest BCUT2D eigenvalue weighted by Gasteiger charge is 2.32. The zero-order valence-corrected chi connectivity index (χ0v) is 23.0. The quantitative estimate of drug-likeness (QED) is 0.289. The van der Waals surface area contributed by atoms with Crippen LogP contribution in [0.2, 0.25) is 0 Å². The Morgan fingerprint density at radius 3 is 1.53 bits per heavy atom. The van der Waals surface area contributed by atoms with E-state index in [4.69, 9.17) is 9.97 Å². The van der Waals surface area contributed by atoms with E-state index in [1.165, 1.54) is 34.7 Å². The number of amides is 2. The van der Waals surface area contributed by atoms with Gasteiger partial charge in [0.05, 0.1) is 22.5 Å². The second-order valence-electron chi connectivity index (χ2n) is 9.79. The van der Waals surface area contributed by atoms with Gasteiger partial charge in [-0.25, -0.2) is 9.97 Å². The largest absolute Gasteiger partial charge is 0.308 e. The molecule has 3 aromatic carbocycles. The molecule has 0 fully saturated rings. The van der Waals surface area contributed by atoms with Gasteiger partial charge in [-0.05, 0) is 62.1 Å². The molecule has 0 radical (unpaired) electrons. The normalized spacial score (nSPS) is 18.1. The molecule has 6 rings (SSSR count). The Morgan fingerprint density at radius 2 is 1.08 bits per heavy atom. The van der Waals surface area contributed by atoms with Crippen LogP contribution in [0.25, 0.3) is 11.0 Å². The second-order valence-corrected chi connectivity index (χ2v) is 11.7. The molecular formula is C30H28N4O2S2. The van der Waals surface area contributed by atoms with Crippen LogP contribution in [0.1, 0.15) is 25.0 Å². The van der Waals surface area contributed by atoms with Gasteiger partial charge >= 0.3 is 0 Å².